The molecule has 6 rings (SSSR count). The summed E-state index contributed by atoms with van der Waals surface area (Å²) in [5, 5.41) is 2.28. The average molecular weight is 599 g/mol. The molecule has 5 atom stereocenters. The van der Waals surface area contributed by atoms with Crippen molar-refractivity contribution >= 4 is 39.5 Å². The summed E-state index contributed by atoms with van der Waals surface area (Å²) in [6, 6.07) is 7.64. The molecule has 5 unspecified atom stereocenters. The van der Waals surface area contributed by atoms with Gasteiger partial charge in [-0.3, -0.25) is 24.0 Å². The lowest BCUT2D eigenvalue weighted by Crippen LogP contribution is -2.54. The molecule has 3 fully saturated rings. The summed E-state index contributed by atoms with van der Waals surface area (Å²) in [6.45, 7) is 1.04. The predicted molar refractivity (Wildman–Crippen MR) is 154 cm³/mol. The minimum atomic E-state index is -3.81. The zero-order valence-electron chi connectivity index (χ0n) is 23.8. The molecule has 1 aromatic rings. The molecule has 0 radical (unpaired) electrons. The number of carbonyl (C=O) groups is 4. The summed E-state index contributed by atoms with van der Waals surface area (Å²) in [4.78, 5) is 57.2. The van der Waals surface area contributed by atoms with Crippen molar-refractivity contribution < 1.29 is 32.3 Å². The summed E-state index contributed by atoms with van der Waals surface area (Å²) in [5.74, 6) is -3.35. The van der Waals surface area contributed by atoms with Gasteiger partial charge in [-0.2, -0.15) is 0 Å². The number of carbonyl (C=O) groups excluding carboxylic acids is 4. The fraction of sp³-hybridized carbons (Fsp3) is 0.600. The van der Waals surface area contributed by atoms with Crippen LogP contribution in [0, 0.1) is 17.8 Å². The molecule has 0 bridgehead atoms. The molecule has 42 heavy (non-hydrogen) atoms. The predicted octanol–water partition coefficient (Wildman–Crippen LogP) is 2.26. The van der Waals surface area contributed by atoms with Gasteiger partial charge in [-0.05, 0) is 69.4 Å². The lowest BCUT2D eigenvalue weighted by molar-refractivity contribution is -0.140. The topological polar surface area (TPSA) is 142 Å². The SMILES string of the molecule is CN1CCCC/C=C\C2CC2(C(=O)NS(=O)(=O)C2CC2)NC(=O)C2CC(OC(=O)N3CCc4ccccc43)CC2C1=O. The van der Waals surface area contributed by atoms with Gasteiger partial charge in [-0.15, -0.1) is 0 Å². The van der Waals surface area contributed by atoms with Gasteiger partial charge >= 0.3 is 6.09 Å². The first-order valence-corrected chi connectivity index (χ1v) is 16.5. The normalized spacial score (nSPS) is 32.1. The first kappa shape index (κ1) is 28.7. The molecule has 2 N–H and O–H groups in total. The summed E-state index contributed by atoms with van der Waals surface area (Å²) >= 11 is 0. The molecule has 0 saturated heterocycles. The highest BCUT2D eigenvalue weighted by molar-refractivity contribution is 7.91. The van der Waals surface area contributed by atoms with Crippen LogP contribution in [-0.2, 0) is 35.6 Å². The van der Waals surface area contributed by atoms with Crippen LogP contribution in [-0.4, -0.2) is 74.2 Å². The number of benzene rings is 1. The fourth-order valence-electron chi connectivity index (χ4n) is 6.63. The summed E-state index contributed by atoms with van der Waals surface area (Å²) in [5.41, 5.74) is 0.466. The maximum absolute atomic E-state index is 13.8. The second kappa shape index (κ2) is 11.0. The number of hydrogen-bond acceptors (Lipinski definition) is 7. The minimum Gasteiger partial charge on any atom is -0.446 e. The van der Waals surface area contributed by atoms with Gasteiger partial charge in [0.2, 0.25) is 21.8 Å². The first-order valence-electron chi connectivity index (χ1n) is 14.9. The Hall–Kier alpha value is -3.41. The van der Waals surface area contributed by atoms with Crippen LogP contribution >= 0.6 is 0 Å². The third kappa shape index (κ3) is 5.52. The van der Waals surface area contributed by atoms with Crippen LogP contribution in [0.4, 0.5) is 10.5 Å². The zero-order valence-corrected chi connectivity index (χ0v) is 24.6. The van der Waals surface area contributed by atoms with E-state index in [1.165, 1.54) is 0 Å². The highest BCUT2D eigenvalue weighted by Gasteiger charge is 2.62. The van der Waals surface area contributed by atoms with Gasteiger partial charge in [0.25, 0.3) is 5.91 Å². The number of para-hydroxylation sites is 1. The van der Waals surface area contributed by atoms with E-state index < -0.39 is 56.7 Å². The zero-order chi connectivity index (χ0) is 29.6. The van der Waals surface area contributed by atoms with E-state index in [1.807, 2.05) is 36.4 Å². The van der Waals surface area contributed by atoms with Crippen molar-refractivity contribution in [2.45, 2.75) is 74.7 Å². The molecule has 1 aromatic carbocycles. The van der Waals surface area contributed by atoms with Gasteiger partial charge < -0.3 is 15.0 Å². The maximum atomic E-state index is 13.8. The van der Waals surface area contributed by atoms with E-state index in [2.05, 4.69) is 10.0 Å². The van der Waals surface area contributed by atoms with Gasteiger partial charge in [0.15, 0.2) is 0 Å². The summed E-state index contributed by atoms with van der Waals surface area (Å²) in [6.07, 6.45) is 7.38. The Bertz CT molecular complexity index is 1420. The largest absolute Gasteiger partial charge is 0.446 e. The number of sulfonamides is 1. The number of rotatable bonds is 4. The van der Waals surface area contributed by atoms with Crippen LogP contribution in [0.5, 0.6) is 0 Å². The molecule has 226 valence electrons. The van der Waals surface area contributed by atoms with E-state index in [4.69, 9.17) is 4.74 Å². The van der Waals surface area contributed by atoms with E-state index in [0.717, 1.165) is 36.9 Å². The van der Waals surface area contributed by atoms with E-state index in [0.29, 0.717) is 25.9 Å². The number of anilines is 1. The molecular weight excluding hydrogens is 560 g/mol. The molecule has 0 aromatic heterocycles. The van der Waals surface area contributed by atoms with Crippen LogP contribution in [0.1, 0.15) is 56.9 Å². The Kier molecular flexibility index (Phi) is 7.53. The minimum absolute atomic E-state index is 0.135. The monoisotopic (exact) mass is 598 g/mol. The Morgan fingerprint density at radius 2 is 1.83 bits per heavy atom. The second-order valence-electron chi connectivity index (χ2n) is 12.4. The van der Waals surface area contributed by atoms with E-state index in [-0.39, 0.29) is 31.1 Å². The highest BCUT2D eigenvalue weighted by atomic mass is 32.2. The van der Waals surface area contributed by atoms with Crippen LogP contribution in [0.15, 0.2) is 36.4 Å². The molecule has 12 heteroatoms. The Morgan fingerprint density at radius 1 is 1.07 bits per heavy atom. The van der Waals surface area contributed by atoms with Gasteiger partial charge in [0, 0.05) is 26.1 Å². The standard InChI is InChI=1S/C30H38N4O7S/c1-33-14-7-3-2-4-9-20-18-30(20,28(37)32-42(39,40)22-11-12-22)31-26(35)23-16-21(17-24(23)27(33)36)41-29(38)34-15-13-19-8-5-6-10-25(19)34/h4-6,8-10,20-24H,2-3,7,11-18H2,1H3,(H,31,35)(H,32,37)/b9-4-. The van der Waals surface area contributed by atoms with Crippen LogP contribution < -0.4 is 14.9 Å². The quantitative estimate of drug-likeness (QED) is 0.507. The molecule has 0 spiro atoms. The average Bonchev–Trinajstić information content (AvgIpc) is 3.84. The molecule has 2 aliphatic heterocycles. The van der Waals surface area contributed by atoms with Gasteiger partial charge in [-0.1, -0.05) is 30.4 Å². The number of hydrogen-bond donors (Lipinski definition) is 2. The molecule has 3 saturated carbocycles. The Labute approximate surface area is 246 Å². The fourth-order valence-corrected chi connectivity index (χ4v) is 7.99. The number of allylic oxidation sites excluding steroid dienone is 1. The van der Waals surface area contributed by atoms with Crippen molar-refractivity contribution in [1.82, 2.24) is 14.9 Å². The molecule has 4 amide bonds. The summed E-state index contributed by atoms with van der Waals surface area (Å²) < 4.78 is 33.2. The van der Waals surface area contributed by atoms with Gasteiger partial charge in [-0.25, -0.2) is 13.2 Å². The lowest BCUT2D eigenvalue weighted by atomic mass is 9.93. The van der Waals surface area contributed by atoms with Crippen molar-refractivity contribution in [3.63, 3.8) is 0 Å². The highest BCUT2D eigenvalue weighted by Crippen LogP contribution is 2.47. The number of amides is 4. The van der Waals surface area contributed by atoms with Crippen molar-refractivity contribution in [3.05, 3.63) is 42.0 Å². The number of nitrogens with zero attached hydrogens (tertiary/aromatic N) is 2. The van der Waals surface area contributed by atoms with Crippen molar-refractivity contribution in [1.29, 1.82) is 0 Å². The smallest absolute Gasteiger partial charge is 0.414 e. The lowest BCUT2D eigenvalue weighted by Gasteiger charge is -2.26. The molecule has 11 nitrogen and oxygen atoms in total. The maximum Gasteiger partial charge on any atom is 0.414 e. The first-order chi connectivity index (χ1) is 20.1. The molecule has 5 aliphatic rings. The second-order valence-corrected chi connectivity index (χ2v) is 14.3. The summed E-state index contributed by atoms with van der Waals surface area (Å²) in [7, 11) is -2.09. The van der Waals surface area contributed by atoms with Crippen LogP contribution in [0.2, 0.25) is 0 Å². The number of fused-ring (bicyclic) bond motifs is 3. The number of nitrogens with one attached hydrogen (secondary N) is 2. The van der Waals surface area contributed by atoms with E-state index in [9.17, 15) is 27.6 Å². The third-order valence-corrected chi connectivity index (χ3v) is 11.2. The molecule has 2 heterocycles. The van der Waals surface area contributed by atoms with Gasteiger partial charge in [0.05, 0.1) is 22.8 Å². The van der Waals surface area contributed by atoms with E-state index >= 15 is 0 Å². The van der Waals surface area contributed by atoms with Crippen molar-refractivity contribution in [3.8, 4) is 0 Å². The molecular formula is C30H38N4O7S. The van der Waals surface area contributed by atoms with Gasteiger partial charge in [0.1, 0.15) is 11.6 Å². The third-order valence-electron chi connectivity index (χ3n) is 9.37. The van der Waals surface area contributed by atoms with Crippen molar-refractivity contribution in [2.24, 2.45) is 17.8 Å². The van der Waals surface area contributed by atoms with Crippen LogP contribution in [0.3, 0.4) is 0 Å². The van der Waals surface area contributed by atoms with Crippen molar-refractivity contribution in [2.75, 3.05) is 25.0 Å². The Balaban J connectivity index is 1.22. The molecule has 3 aliphatic carbocycles. The van der Waals surface area contributed by atoms with E-state index in [1.54, 1.807) is 16.8 Å². The Morgan fingerprint density at radius 3 is 2.62 bits per heavy atom. The van der Waals surface area contributed by atoms with Crippen LogP contribution in [0.25, 0.3) is 0 Å². The number of ether oxygens (including phenoxy) is 1.